The summed E-state index contributed by atoms with van der Waals surface area (Å²) in [6, 6.07) is 3.73. The lowest BCUT2D eigenvalue weighted by Crippen LogP contribution is -2.02. The topological polar surface area (TPSA) is 0 Å². The van der Waals surface area contributed by atoms with Gasteiger partial charge in [0, 0.05) is 14.7 Å². The average Bonchev–Trinajstić information content (AvgIpc) is 2.12. The third kappa shape index (κ3) is 1.87. The van der Waals surface area contributed by atoms with Crippen LogP contribution in [0.2, 0.25) is 10.0 Å². The van der Waals surface area contributed by atoms with Crippen LogP contribution >= 0.6 is 50.9 Å². The van der Waals surface area contributed by atoms with Crippen LogP contribution in [0.3, 0.4) is 0 Å². The van der Waals surface area contributed by atoms with Gasteiger partial charge in [-0.15, -0.1) is 11.8 Å². The van der Waals surface area contributed by atoms with E-state index in [0.29, 0.717) is 4.83 Å². The van der Waals surface area contributed by atoms with Gasteiger partial charge in [0.05, 0.1) is 5.02 Å². The maximum absolute atomic E-state index is 6.11. The molecule has 4 heteroatoms. The van der Waals surface area contributed by atoms with Crippen molar-refractivity contribution >= 4 is 50.9 Å². The molecule has 13 heavy (non-hydrogen) atoms. The Kier molecular flexibility index (Phi) is 3.14. The Morgan fingerprint density at radius 2 is 2.00 bits per heavy atom. The van der Waals surface area contributed by atoms with E-state index in [9.17, 15) is 0 Å². The SMILES string of the molecule is Clc1ccc(Cl)c2c1SCCC2Br. The van der Waals surface area contributed by atoms with E-state index in [1.54, 1.807) is 11.8 Å². The second-order valence-electron chi connectivity index (χ2n) is 2.88. The van der Waals surface area contributed by atoms with Gasteiger partial charge < -0.3 is 0 Å². The molecular weight excluding hydrogens is 291 g/mol. The summed E-state index contributed by atoms with van der Waals surface area (Å²) in [5, 5.41) is 1.63. The number of hydrogen-bond acceptors (Lipinski definition) is 1. The van der Waals surface area contributed by atoms with E-state index in [2.05, 4.69) is 15.9 Å². The van der Waals surface area contributed by atoms with Crippen molar-refractivity contribution in [2.75, 3.05) is 5.75 Å². The lowest BCUT2D eigenvalue weighted by Gasteiger charge is -2.22. The molecule has 2 rings (SSSR count). The molecule has 70 valence electrons. The normalized spacial score (nSPS) is 21.3. The van der Waals surface area contributed by atoms with Crippen LogP contribution in [0.25, 0.3) is 0 Å². The Hall–Kier alpha value is 0.630. The van der Waals surface area contributed by atoms with Crippen molar-refractivity contribution in [1.82, 2.24) is 0 Å². The zero-order valence-electron chi connectivity index (χ0n) is 6.69. The van der Waals surface area contributed by atoms with Gasteiger partial charge in [0.1, 0.15) is 0 Å². The van der Waals surface area contributed by atoms with Crippen LogP contribution in [-0.2, 0) is 0 Å². The minimum Gasteiger partial charge on any atom is -0.124 e. The van der Waals surface area contributed by atoms with E-state index < -0.39 is 0 Å². The molecule has 0 aromatic heterocycles. The highest BCUT2D eigenvalue weighted by atomic mass is 79.9. The van der Waals surface area contributed by atoms with Crippen LogP contribution in [0.15, 0.2) is 17.0 Å². The van der Waals surface area contributed by atoms with E-state index >= 15 is 0 Å². The molecule has 1 unspecified atom stereocenters. The maximum Gasteiger partial charge on any atom is 0.0546 e. The third-order valence-corrected chi connectivity index (χ3v) is 4.87. The van der Waals surface area contributed by atoms with E-state index in [4.69, 9.17) is 23.2 Å². The van der Waals surface area contributed by atoms with Crippen molar-refractivity contribution in [3.8, 4) is 0 Å². The fraction of sp³-hybridized carbons (Fsp3) is 0.333. The minimum atomic E-state index is 0.356. The zero-order valence-corrected chi connectivity index (χ0v) is 10.6. The summed E-state index contributed by atoms with van der Waals surface area (Å²) in [5.74, 6) is 1.10. The van der Waals surface area contributed by atoms with Crippen molar-refractivity contribution in [3.05, 3.63) is 27.7 Å². The molecule has 0 bridgehead atoms. The van der Waals surface area contributed by atoms with Crippen LogP contribution in [0, 0.1) is 0 Å². The van der Waals surface area contributed by atoms with Gasteiger partial charge in [-0.1, -0.05) is 39.1 Å². The molecule has 0 nitrogen and oxygen atoms in total. The first-order chi connectivity index (χ1) is 6.20. The lowest BCUT2D eigenvalue weighted by atomic mass is 10.1. The third-order valence-electron chi connectivity index (χ3n) is 2.03. The van der Waals surface area contributed by atoms with E-state index in [-0.39, 0.29) is 0 Å². The zero-order chi connectivity index (χ0) is 9.42. The molecule has 0 saturated carbocycles. The predicted molar refractivity (Wildman–Crippen MR) is 63.5 cm³/mol. The summed E-state index contributed by atoms with van der Waals surface area (Å²) in [6.45, 7) is 0. The molecular formula is C9H7BrCl2S. The van der Waals surface area contributed by atoms with E-state index in [1.165, 1.54) is 0 Å². The Balaban J connectivity index is 2.60. The monoisotopic (exact) mass is 296 g/mol. The average molecular weight is 298 g/mol. The highest BCUT2D eigenvalue weighted by Crippen LogP contribution is 2.47. The number of fused-ring (bicyclic) bond motifs is 1. The number of thioether (sulfide) groups is 1. The fourth-order valence-electron chi connectivity index (χ4n) is 1.40. The molecule has 1 aromatic rings. The van der Waals surface area contributed by atoms with Gasteiger partial charge in [0.15, 0.2) is 0 Å². The van der Waals surface area contributed by atoms with Crippen LogP contribution in [-0.4, -0.2) is 5.75 Å². The first-order valence-corrected chi connectivity index (χ1v) is 6.60. The Morgan fingerprint density at radius 1 is 1.31 bits per heavy atom. The summed E-state index contributed by atoms with van der Waals surface area (Å²) in [5.41, 5.74) is 1.16. The van der Waals surface area contributed by atoms with Crippen molar-refractivity contribution in [2.24, 2.45) is 0 Å². The summed E-state index contributed by atoms with van der Waals surface area (Å²) >= 11 is 17.6. The molecule has 0 spiro atoms. The number of benzene rings is 1. The van der Waals surface area contributed by atoms with Gasteiger partial charge in [-0.2, -0.15) is 0 Å². The lowest BCUT2D eigenvalue weighted by molar-refractivity contribution is 0.880. The largest absolute Gasteiger partial charge is 0.124 e. The smallest absolute Gasteiger partial charge is 0.0546 e. The molecule has 0 radical (unpaired) electrons. The number of halogens is 3. The first-order valence-electron chi connectivity index (χ1n) is 3.95. The standard InChI is InChI=1S/C9H7BrCl2S/c10-5-3-4-13-9-7(12)2-1-6(11)8(5)9/h1-2,5H,3-4H2. The van der Waals surface area contributed by atoms with Gasteiger partial charge in [0.25, 0.3) is 0 Å². The van der Waals surface area contributed by atoms with E-state index in [0.717, 1.165) is 32.7 Å². The highest BCUT2D eigenvalue weighted by molar-refractivity contribution is 9.09. The summed E-state index contributed by atoms with van der Waals surface area (Å²) in [4.78, 5) is 1.50. The summed E-state index contributed by atoms with van der Waals surface area (Å²) in [6.07, 6.45) is 1.11. The number of hydrogen-bond donors (Lipinski definition) is 0. The molecule has 0 fully saturated rings. The Bertz CT molecular complexity index is 341. The van der Waals surface area contributed by atoms with Crippen LogP contribution in [0.5, 0.6) is 0 Å². The predicted octanol–water partition coefficient (Wildman–Crippen LogP) is 4.93. The summed E-state index contributed by atoms with van der Waals surface area (Å²) in [7, 11) is 0. The molecule has 1 heterocycles. The molecule has 1 aliphatic rings. The van der Waals surface area contributed by atoms with E-state index in [1.807, 2.05) is 12.1 Å². The van der Waals surface area contributed by atoms with Gasteiger partial charge in [-0.25, -0.2) is 0 Å². The molecule has 1 atom stereocenters. The van der Waals surface area contributed by atoms with Crippen molar-refractivity contribution < 1.29 is 0 Å². The first kappa shape index (κ1) is 10.2. The fourth-order valence-corrected chi connectivity index (χ4v) is 4.53. The minimum absolute atomic E-state index is 0.356. The molecule has 0 N–H and O–H groups in total. The van der Waals surface area contributed by atoms with Crippen LogP contribution in [0.1, 0.15) is 16.8 Å². The van der Waals surface area contributed by atoms with Crippen molar-refractivity contribution in [1.29, 1.82) is 0 Å². The van der Waals surface area contributed by atoms with Gasteiger partial charge in [-0.3, -0.25) is 0 Å². The number of alkyl halides is 1. The van der Waals surface area contributed by atoms with Crippen molar-refractivity contribution in [2.45, 2.75) is 16.1 Å². The molecule has 0 amide bonds. The quantitative estimate of drug-likeness (QED) is 0.612. The van der Waals surface area contributed by atoms with Crippen molar-refractivity contribution in [3.63, 3.8) is 0 Å². The molecule has 0 saturated heterocycles. The number of rotatable bonds is 0. The highest BCUT2D eigenvalue weighted by Gasteiger charge is 2.22. The molecule has 0 aliphatic carbocycles. The Morgan fingerprint density at radius 3 is 2.69 bits per heavy atom. The second kappa shape index (κ2) is 4.01. The molecule has 1 aliphatic heterocycles. The second-order valence-corrected chi connectivity index (χ2v) is 5.90. The van der Waals surface area contributed by atoms with Crippen LogP contribution < -0.4 is 0 Å². The molecule has 1 aromatic carbocycles. The Labute approximate surface area is 100 Å². The van der Waals surface area contributed by atoms with Gasteiger partial charge in [0.2, 0.25) is 0 Å². The van der Waals surface area contributed by atoms with Crippen LogP contribution in [0.4, 0.5) is 0 Å². The maximum atomic E-state index is 6.11. The van der Waals surface area contributed by atoms with Gasteiger partial charge in [-0.05, 0) is 29.9 Å². The summed E-state index contributed by atoms with van der Waals surface area (Å²) < 4.78 is 0. The van der Waals surface area contributed by atoms with Gasteiger partial charge >= 0.3 is 0 Å².